The lowest BCUT2D eigenvalue weighted by atomic mass is 10.1. The minimum atomic E-state index is -1.21. The summed E-state index contributed by atoms with van der Waals surface area (Å²) in [6, 6.07) is 25.4. The SMILES string of the molecule is CC(C)(N)C(=O)N[C@H](COCc1ccccc1)C(=O)Nc1cn(C(C(=O)Oc2ccccc2)c2ccccc2)cn1.Cl.Cl. The van der Waals surface area contributed by atoms with Crippen molar-refractivity contribution in [2.75, 3.05) is 11.9 Å². The Kier molecular flexibility index (Phi) is 13.4. The van der Waals surface area contributed by atoms with Crippen molar-refractivity contribution in [1.29, 1.82) is 0 Å². The fraction of sp³-hybridized carbons (Fsp3) is 0.226. The molecular formula is C31H35Cl2N5O5. The molecule has 0 radical (unpaired) electrons. The number of anilines is 1. The molecule has 0 saturated carbocycles. The molecule has 0 aliphatic heterocycles. The highest BCUT2D eigenvalue weighted by Crippen LogP contribution is 2.23. The van der Waals surface area contributed by atoms with E-state index in [4.69, 9.17) is 15.2 Å². The summed E-state index contributed by atoms with van der Waals surface area (Å²) in [4.78, 5) is 43.4. The standard InChI is InChI=1S/C31H33N5O5.2ClH/c1-31(2,32)30(39)34-25(20-40-19-22-12-6-3-7-13-22)28(37)35-26-18-36(21-33-26)27(23-14-8-4-9-15-23)29(38)41-24-16-10-5-11-17-24;;/h3-18,21,25,27H,19-20,32H2,1-2H3,(H,34,39)(H,35,37);2*1H/t25-,27?;;/m1../s1. The van der Waals surface area contributed by atoms with Gasteiger partial charge in [0.1, 0.15) is 11.8 Å². The number of rotatable bonds is 12. The molecule has 0 aliphatic carbocycles. The second kappa shape index (κ2) is 16.4. The number of aromatic nitrogens is 2. The number of nitrogens with one attached hydrogen (secondary N) is 2. The Balaban J connectivity index is 0.00000323. The van der Waals surface area contributed by atoms with Gasteiger partial charge in [0, 0.05) is 6.20 Å². The highest BCUT2D eigenvalue weighted by molar-refractivity contribution is 5.98. The Bertz CT molecular complexity index is 1450. The molecule has 4 aromatic rings. The van der Waals surface area contributed by atoms with Crippen molar-refractivity contribution in [3.63, 3.8) is 0 Å². The molecule has 3 aromatic carbocycles. The molecule has 228 valence electrons. The van der Waals surface area contributed by atoms with Crippen LogP contribution in [0, 0.1) is 0 Å². The van der Waals surface area contributed by atoms with Crippen molar-refractivity contribution in [2.24, 2.45) is 5.73 Å². The van der Waals surface area contributed by atoms with Gasteiger partial charge in [-0.25, -0.2) is 9.78 Å². The number of esters is 1. The summed E-state index contributed by atoms with van der Waals surface area (Å²) in [7, 11) is 0. The number of nitrogens with two attached hydrogens (primary N) is 1. The lowest BCUT2D eigenvalue weighted by Gasteiger charge is -2.23. The molecule has 4 N–H and O–H groups in total. The van der Waals surface area contributed by atoms with E-state index in [0.717, 1.165) is 5.56 Å². The van der Waals surface area contributed by atoms with Gasteiger partial charge in [-0.05, 0) is 37.1 Å². The monoisotopic (exact) mass is 627 g/mol. The van der Waals surface area contributed by atoms with Crippen molar-refractivity contribution < 1.29 is 23.9 Å². The van der Waals surface area contributed by atoms with Gasteiger partial charge in [-0.3, -0.25) is 9.59 Å². The number of hydrogen-bond acceptors (Lipinski definition) is 7. The van der Waals surface area contributed by atoms with Crippen LogP contribution in [0.2, 0.25) is 0 Å². The Labute approximate surface area is 262 Å². The predicted molar refractivity (Wildman–Crippen MR) is 168 cm³/mol. The van der Waals surface area contributed by atoms with Gasteiger partial charge in [0.05, 0.1) is 25.1 Å². The Morgan fingerprint density at radius 1 is 0.907 bits per heavy atom. The van der Waals surface area contributed by atoms with E-state index >= 15 is 0 Å². The number of amides is 2. The number of halogens is 2. The summed E-state index contributed by atoms with van der Waals surface area (Å²) in [5.41, 5.74) is 6.32. The molecule has 43 heavy (non-hydrogen) atoms. The summed E-state index contributed by atoms with van der Waals surface area (Å²) in [5, 5.41) is 5.36. The molecule has 0 spiro atoms. The fourth-order valence-electron chi connectivity index (χ4n) is 3.88. The van der Waals surface area contributed by atoms with Crippen molar-refractivity contribution in [1.82, 2.24) is 14.9 Å². The largest absolute Gasteiger partial charge is 0.425 e. The van der Waals surface area contributed by atoms with Gasteiger partial charge >= 0.3 is 5.97 Å². The van der Waals surface area contributed by atoms with Crippen molar-refractivity contribution in [3.8, 4) is 5.75 Å². The molecule has 4 rings (SSSR count). The lowest BCUT2D eigenvalue weighted by Crippen LogP contribution is -2.56. The normalized spacial score (nSPS) is 12.1. The Hall–Kier alpha value is -4.22. The molecule has 1 aromatic heterocycles. The molecule has 0 fully saturated rings. The van der Waals surface area contributed by atoms with Crippen LogP contribution in [0.25, 0.3) is 0 Å². The quantitative estimate of drug-likeness (QED) is 0.157. The van der Waals surface area contributed by atoms with E-state index in [1.54, 1.807) is 54.8 Å². The summed E-state index contributed by atoms with van der Waals surface area (Å²) in [6.07, 6.45) is 2.96. The third-order valence-electron chi connectivity index (χ3n) is 6.05. The third-order valence-corrected chi connectivity index (χ3v) is 6.05. The minimum absolute atomic E-state index is 0. The van der Waals surface area contributed by atoms with Gasteiger partial charge < -0.3 is 30.4 Å². The van der Waals surface area contributed by atoms with Crippen LogP contribution < -0.4 is 21.1 Å². The van der Waals surface area contributed by atoms with Crippen molar-refractivity contribution in [3.05, 3.63) is 115 Å². The van der Waals surface area contributed by atoms with Gasteiger partial charge in [0.15, 0.2) is 11.9 Å². The average molecular weight is 629 g/mol. The number of nitrogens with zero attached hydrogens (tertiary/aromatic N) is 2. The Morgan fingerprint density at radius 3 is 2.09 bits per heavy atom. The zero-order valence-corrected chi connectivity index (χ0v) is 25.3. The number of carbonyl (C=O) groups is 3. The Morgan fingerprint density at radius 2 is 1.49 bits per heavy atom. The van der Waals surface area contributed by atoms with Crippen LogP contribution in [0.4, 0.5) is 5.82 Å². The van der Waals surface area contributed by atoms with Crippen LogP contribution in [0.15, 0.2) is 104 Å². The first-order valence-electron chi connectivity index (χ1n) is 13.1. The minimum Gasteiger partial charge on any atom is -0.425 e. The summed E-state index contributed by atoms with van der Waals surface area (Å²) in [5.74, 6) is -1.01. The van der Waals surface area contributed by atoms with Gasteiger partial charge in [-0.15, -0.1) is 24.8 Å². The van der Waals surface area contributed by atoms with E-state index < -0.39 is 35.4 Å². The first-order valence-corrected chi connectivity index (χ1v) is 13.1. The second-order valence-corrected chi connectivity index (χ2v) is 9.99. The van der Waals surface area contributed by atoms with Crippen LogP contribution in [0.3, 0.4) is 0 Å². The van der Waals surface area contributed by atoms with Crippen molar-refractivity contribution in [2.45, 2.75) is 38.1 Å². The smallest absolute Gasteiger partial charge is 0.339 e. The van der Waals surface area contributed by atoms with E-state index in [9.17, 15) is 14.4 Å². The van der Waals surface area contributed by atoms with Crippen LogP contribution in [-0.2, 0) is 25.7 Å². The highest BCUT2D eigenvalue weighted by atomic mass is 35.5. The number of benzene rings is 3. The van der Waals surface area contributed by atoms with Crippen molar-refractivity contribution >= 4 is 48.4 Å². The fourth-order valence-corrected chi connectivity index (χ4v) is 3.88. The maximum absolute atomic E-state index is 13.3. The molecule has 2 atom stereocenters. The molecule has 0 saturated heterocycles. The lowest BCUT2D eigenvalue weighted by molar-refractivity contribution is -0.136. The molecule has 2 amide bonds. The number of imidazole rings is 1. The third kappa shape index (κ3) is 10.2. The van der Waals surface area contributed by atoms with E-state index in [1.807, 2.05) is 54.6 Å². The number of carbonyl (C=O) groups excluding carboxylic acids is 3. The number of ether oxygens (including phenoxy) is 2. The number of para-hydroxylation sites is 1. The summed E-state index contributed by atoms with van der Waals surface area (Å²) >= 11 is 0. The van der Waals surface area contributed by atoms with Crippen LogP contribution >= 0.6 is 24.8 Å². The van der Waals surface area contributed by atoms with Gasteiger partial charge in [0.25, 0.3) is 5.91 Å². The zero-order chi connectivity index (χ0) is 29.2. The molecule has 1 unspecified atom stereocenters. The van der Waals surface area contributed by atoms with E-state index in [2.05, 4.69) is 15.6 Å². The molecular weight excluding hydrogens is 593 g/mol. The first kappa shape index (κ1) is 35.0. The van der Waals surface area contributed by atoms with E-state index in [-0.39, 0.29) is 43.8 Å². The molecule has 0 bridgehead atoms. The van der Waals surface area contributed by atoms with Gasteiger partial charge in [-0.1, -0.05) is 78.9 Å². The van der Waals surface area contributed by atoms with E-state index in [1.165, 1.54) is 12.5 Å². The predicted octanol–water partition coefficient (Wildman–Crippen LogP) is 4.30. The van der Waals surface area contributed by atoms with E-state index in [0.29, 0.717) is 11.3 Å². The number of hydrogen-bond donors (Lipinski definition) is 3. The average Bonchev–Trinajstić information content (AvgIpc) is 3.41. The highest BCUT2D eigenvalue weighted by Gasteiger charge is 2.29. The maximum atomic E-state index is 13.3. The second-order valence-electron chi connectivity index (χ2n) is 9.99. The maximum Gasteiger partial charge on any atom is 0.339 e. The summed E-state index contributed by atoms with van der Waals surface area (Å²) < 4.78 is 12.9. The molecule has 12 heteroatoms. The zero-order valence-electron chi connectivity index (χ0n) is 23.7. The van der Waals surface area contributed by atoms with Gasteiger partial charge in [-0.2, -0.15) is 0 Å². The molecule has 0 aliphatic rings. The van der Waals surface area contributed by atoms with Crippen LogP contribution in [0.5, 0.6) is 5.75 Å². The molecule has 1 heterocycles. The topological polar surface area (TPSA) is 138 Å². The van der Waals surface area contributed by atoms with Crippen LogP contribution in [-0.4, -0.2) is 45.5 Å². The summed E-state index contributed by atoms with van der Waals surface area (Å²) in [6.45, 7) is 3.24. The molecule has 10 nitrogen and oxygen atoms in total. The van der Waals surface area contributed by atoms with Crippen LogP contribution in [0.1, 0.15) is 31.0 Å². The van der Waals surface area contributed by atoms with Gasteiger partial charge in [0.2, 0.25) is 5.91 Å². The first-order chi connectivity index (χ1) is 19.7.